The van der Waals surface area contributed by atoms with E-state index in [4.69, 9.17) is 28.4 Å². The van der Waals surface area contributed by atoms with Crippen LogP contribution in [-0.4, -0.2) is 144 Å². The van der Waals surface area contributed by atoms with Crippen molar-refractivity contribution in [2.75, 3.05) is 0 Å². The Hall–Kier alpha value is -6.36. The molecule has 1 aliphatic rings. The van der Waals surface area contributed by atoms with E-state index in [-0.39, 0.29) is 37.0 Å². The molecule has 0 aliphatic carbocycles. The number of cyclic esters (lactones) is 6. The fourth-order valence-corrected chi connectivity index (χ4v) is 8.00. The molecule has 24 nitrogen and oxygen atoms in total. The second-order valence-electron chi connectivity index (χ2n) is 24.4. The van der Waals surface area contributed by atoms with Crippen LogP contribution in [0.2, 0.25) is 0 Å². The van der Waals surface area contributed by atoms with E-state index in [0.717, 1.165) is 0 Å². The zero-order valence-electron chi connectivity index (χ0n) is 51.6. The van der Waals surface area contributed by atoms with Gasteiger partial charge in [-0.3, -0.25) is 28.8 Å². The molecule has 0 spiro atoms. The minimum atomic E-state index is -1.52. The summed E-state index contributed by atoms with van der Waals surface area (Å²) in [5.74, 6) is -16.4. The summed E-state index contributed by atoms with van der Waals surface area (Å²) in [7, 11) is 0. The van der Waals surface area contributed by atoms with E-state index in [9.17, 15) is 57.5 Å². The first-order valence-corrected chi connectivity index (χ1v) is 28.4. The number of hydrogen-bond donors (Lipinski definition) is 6. The summed E-state index contributed by atoms with van der Waals surface area (Å²) in [5, 5.41) is 15.2. The molecule has 81 heavy (non-hydrogen) atoms. The van der Waals surface area contributed by atoms with Crippen LogP contribution in [0.25, 0.3) is 0 Å². The Balaban J connectivity index is 3.93. The van der Waals surface area contributed by atoms with Crippen LogP contribution in [0.4, 0.5) is 0 Å². The molecule has 6 N–H and O–H groups in total. The lowest BCUT2D eigenvalue weighted by atomic mass is 10.0. The molecular formula is C57H96N6O18. The Kier molecular flexibility index (Phi) is 30.1. The van der Waals surface area contributed by atoms with E-state index < -0.39 is 180 Å². The van der Waals surface area contributed by atoms with Gasteiger partial charge in [-0.2, -0.15) is 0 Å². The van der Waals surface area contributed by atoms with Gasteiger partial charge >= 0.3 is 35.8 Å². The van der Waals surface area contributed by atoms with Gasteiger partial charge in [0.25, 0.3) is 35.4 Å². The minimum absolute atomic E-state index is 0.0340. The summed E-state index contributed by atoms with van der Waals surface area (Å²) in [6.45, 7) is 33.4. The summed E-state index contributed by atoms with van der Waals surface area (Å²) in [6, 6.07) is -8.46. The number of ether oxygens (including phenoxy) is 6. The molecule has 1 saturated heterocycles. The van der Waals surface area contributed by atoms with Crippen molar-refractivity contribution in [3.05, 3.63) is 0 Å². The van der Waals surface area contributed by atoms with Crippen LogP contribution in [0.3, 0.4) is 0 Å². The molecule has 1 aliphatic heterocycles. The maximum absolute atomic E-state index is 13.9. The van der Waals surface area contributed by atoms with Gasteiger partial charge in [0, 0.05) is 0 Å². The highest BCUT2D eigenvalue weighted by Crippen LogP contribution is 2.20. The highest BCUT2D eigenvalue weighted by atomic mass is 16.6. The summed E-state index contributed by atoms with van der Waals surface area (Å²) in [4.78, 5) is 166. The van der Waals surface area contributed by atoms with E-state index >= 15 is 0 Å². The van der Waals surface area contributed by atoms with Crippen LogP contribution in [0, 0.1) is 53.3 Å². The molecule has 0 aromatic carbocycles. The fourth-order valence-electron chi connectivity index (χ4n) is 8.00. The van der Waals surface area contributed by atoms with Crippen molar-refractivity contribution in [1.29, 1.82) is 0 Å². The first-order chi connectivity index (χ1) is 37.3. The molecule has 0 aromatic heterocycles. The zero-order chi connectivity index (χ0) is 62.7. The van der Waals surface area contributed by atoms with Crippen molar-refractivity contribution >= 4 is 71.3 Å². The van der Waals surface area contributed by atoms with Gasteiger partial charge in [0.15, 0.2) is 36.6 Å². The third-order valence-electron chi connectivity index (χ3n) is 12.8. The predicted octanol–water partition coefficient (Wildman–Crippen LogP) is 3.51. The maximum atomic E-state index is 13.9. The lowest BCUT2D eigenvalue weighted by Crippen LogP contribution is -2.55. The van der Waals surface area contributed by atoms with E-state index in [2.05, 4.69) is 31.9 Å². The van der Waals surface area contributed by atoms with Crippen LogP contribution in [0.1, 0.15) is 165 Å². The topological polar surface area (TPSA) is 332 Å². The third-order valence-corrected chi connectivity index (χ3v) is 12.8. The average molecular weight is 1150 g/mol. The lowest BCUT2D eigenvalue weighted by molar-refractivity contribution is -0.167. The largest absolute Gasteiger partial charge is 0.451 e. The second-order valence-corrected chi connectivity index (χ2v) is 24.4. The standard InChI is InChI=1S/C57H96N6O18/c1-25(2)22-37-46(64)58-34(19)52(70)79-44(32(15)16)50(68)62-41(29(9)10)56(74)77-39(24-27(5)6)48(66)60-36(21)54(72)81-45(33(17)18)51(69)63-42(30(11)12)57(75)78-38(23-26(3)4)47(65)59-35(20)53(71)80-43(31(13)14)49(67)61-40(28(7)8)55(73)76-37/h25-45H,22-24H2,1-21H3,(H,58,64)(H,59,65)(H,60,66)(H,61,67)(H,62,68)(H,63,69)/t34-,35-,36-,37-,38-,39+,40+,41+,42+,43+,44+,45+/m1/s1. The van der Waals surface area contributed by atoms with Crippen LogP contribution >= 0.6 is 0 Å². The van der Waals surface area contributed by atoms with Gasteiger partial charge in [-0.1, -0.05) is 125 Å². The SMILES string of the molecule is CC(C)C[C@@H]1OC(=O)[C@H](C(C)C)NC(=O)[C@H](C(C)C)OC(=O)[C@@H](C)NC(=O)[C@@H](CC(C)C)OC(=O)[C@H](C(C)C)NC(=O)[C@H](C(C)C)OC(=O)[C@@H](C)NC(=O)[C@@H](CC(C)C)OC(=O)[C@H](C(C)C)NC(=O)[C@H](C(C)C)OC(=O)[C@@H](C)NC1=O. The molecule has 6 amide bonds. The Bertz CT molecular complexity index is 1960. The van der Waals surface area contributed by atoms with Gasteiger partial charge in [0.05, 0.1) is 0 Å². The fraction of sp³-hybridized carbons (Fsp3) is 0.789. The first kappa shape index (κ1) is 72.7. The predicted molar refractivity (Wildman–Crippen MR) is 295 cm³/mol. The number of carbonyl (C=O) groups excluding carboxylic acids is 12. The minimum Gasteiger partial charge on any atom is -0.451 e. The Morgan fingerprint density at radius 1 is 0.272 bits per heavy atom. The normalized spacial score (nSPS) is 28.2. The van der Waals surface area contributed by atoms with Gasteiger partial charge < -0.3 is 60.3 Å². The van der Waals surface area contributed by atoms with Crippen molar-refractivity contribution in [3.8, 4) is 0 Å². The van der Waals surface area contributed by atoms with Crippen molar-refractivity contribution in [2.24, 2.45) is 53.3 Å². The molecule has 24 heteroatoms. The Labute approximate surface area is 478 Å². The van der Waals surface area contributed by atoms with E-state index in [1.54, 1.807) is 125 Å². The van der Waals surface area contributed by atoms with Gasteiger partial charge in [0.2, 0.25) is 0 Å². The van der Waals surface area contributed by atoms with Crippen molar-refractivity contribution < 1.29 is 86.0 Å². The van der Waals surface area contributed by atoms with E-state index in [1.807, 2.05) is 0 Å². The summed E-state index contributed by atoms with van der Waals surface area (Å²) in [6.07, 6.45) is -9.18. The quantitative estimate of drug-likeness (QED) is 0.120. The van der Waals surface area contributed by atoms with Gasteiger partial charge in [-0.15, -0.1) is 0 Å². The van der Waals surface area contributed by atoms with Crippen molar-refractivity contribution in [3.63, 3.8) is 0 Å². The van der Waals surface area contributed by atoms with Crippen molar-refractivity contribution in [1.82, 2.24) is 31.9 Å². The number of rotatable bonds is 12. The van der Waals surface area contributed by atoms with Gasteiger partial charge in [-0.25, -0.2) is 28.8 Å². The number of carbonyl (C=O) groups is 12. The van der Waals surface area contributed by atoms with Gasteiger partial charge in [-0.05, 0) is 93.3 Å². The number of nitrogens with one attached hydrogen (secondary N) is 6. The second kappa shape index (κ2) is 33.5. The van der Waals surface area contributed by atoms with Crippen LogP contribution in [0.5, 0.6) is 0 Å². The molecule has 0 bridgehead atoms. The molecule has 0 saturated carbocycles. The van der Waals surface area contributed by atoms with Crippen LogP contribution < -0.4 is 31.9 Å². The molecule has 1 rings (SSSR count). The monoisotopic (exact) mass is 1150 g/mol. The summed E-state index contributed by atoms with van der Waals surface area (Å²) < 4.78 is 34.1. The Morgan fingerprint density at radius 3 is 0.630 bits per heavy atom. The summed E-state index contributed by atoms with van der Waals surface area (Å²) >= 11 is 0. The molecule has 1 fully saturated rings. The number of hydrogen-bond acceptors (Lipinski definition) is 18. The van der Waals surface area contributed by atoms with Crippen LogP contribution in [0.15, 0.2) is 0 Å². The maximum Gasteiger partial charge on any atom is 0.329 e. The molecule has 1 heterocycles. The average Bonchev–Trinajstić information content (AvgIpc) is 3.33. The molecule has 0 aromatic rings. The molecule has 0 unspecified atom stereocenters. The van der Waals surface area contributed by atoms with E-state index in [1.165, 1.54) is 20.8 Å². The first-order valence-electron chi connectivity index (χ1n) is 28.4. The molecule has 462 valence electrons. The van der Waals surface area contributed by atoms with Crippen LogP contribution in [-0.2, 0) is 86.0 Å². The Morgan fingerprint density at radius 2 is 0.469 bits per heavy atom. The summed E-state index contributed by atoms with van der Waals surface area (Å²) in [5.41, 5.74) is 0. The molecular weight excluding hydrogens is 1060 g/mol. The smallest absolute Gasteiger partial charge is 0.329 e. The van der Waals surface area contributed by atoms with Crippen molar-refractivity contribution in [2.45, 2.75) is 238 Å². The van der Waals surface area contributed by atoms with Gasteiger partial charge in [0.1, 0.15) is 36.3 Å². The highest BCUT2D eigenvalue weighted by Gasteiger charge is 2.41. The number of esters is 6. The highest BCUT2D eigenvalue weighted by molar-refractivity contribution is 5.95. The zero-order valence-corrected chi connectivity index (χ0v) is 51.6. The van der Waals surface area contributed by atoms with E-state index in [0.29, 0.717) is 0 Å². The molecule has 12 atom stereocenters. The third kappa shape index (κ3) is 23.9. The molecule has 0 radical (unpaired) electrons. The lowest BCUT2D eigenvalue weighted by Gasteiger charge is -2.30. The number of amides is 6.